The van der Waals surface area contributed by atoms with Gasteiger partial charge >= 0.3 is 0 Å². The zero-order valence-corrected chi connectivity index (χ0v) is 19.3. The number of hydrogen-bond acceptors (Lipinski definition) is 2. The van der Waals surface area contributed by atoms with Gasteiger partial charge in [0.25, 0.3) is 0 Å². The van der Waals surface area contributed by atoms with Crippen LogP contribution in [-0.2, 0) is 18.4 Å². The van der Waals surface area contributed by atoms with Crippen molar-refractivity contribution >= 4 is 47.4 Å². The van der Waals surface area contributed by atoms with Gasteiger partial charge in [-0.25, -0.2) is 0 Å². The number of amides is 1. The summed E-state index contributed by atoms with van der Waals surface area (Å²) in [6.45, 7) is 4.58. The maximum Gasteiger partial charge on any atom is 0.222 e. The first-order valence-electron chi connectivity index (χ1n) is 8.98. The van der Waals surface area contributed by atoms with E-state index < -0.39 is 0 Å². The largest absolute Gasteiger partial charge is 0.356 e. The summed E-state index contributed by atoms with van der Waals surface area (Å²) in [5.74, 6) is 1.15. The molecule has 1 N–H and O–H groups in total. The first-order valence-corrected chi connectivity index (χ1v) is 9.36. The average molecular weight is 496 g/mol. The van der Waals surface area contributed by atoms with Crippen molar-refractivity contribution in [3.63, 3.8) is 0 Å². The number of guanidine groups is 1. The van der Waals surface area contributed by atoms with Crippen LogP contribution in [0.1, 0.15) is 38.3 Å². The van der Waals surface area contributed by atoms with Crippen LogP contribution in [0.5, 0.6) is 0 Å². The standard InChI is InChI=1S/C18H30ClN5O.HI/c1-5-15(24-10-6-7-17(24)25)8-9-21-18(20-2)23(4)13-16-11-14(19)12-22(16)3;/h11-12,15H,5-10,13H2,1-4H3,(H,20,21);1H. The zero-order valence-electron chi connectivity index (χ0n) is 16.2. The van der Waals surface area contributed by atoms with E-state index in [1.165, 1.54) is 0 Å². The topological polar surface area (TPSA) is 52.9 Å². The van der Waals surface area contributed by atoms with Gasteiger partial charge in [0.05, 0.1) is 11.6 Å². The maximum atomic E-state index is 11.9. The summed E-state index contributed by atoms with van der Waals surface area (Å²) in [6.07, 6.45) is 5.52. The third-order valence-corrected chi connectivity index (χ3v) is 5.04. The summed E-state index contributed by atoms with van der Waals surface area (Å²) in [7, 11) is 5.79. The number of aryl methyl sites for hydroxylation is 1. The lowest BCUT2D eigenvalue weighted by Gasteiger charge is -2.28. The highest BCUT2D eigenvalue weighted by molar-refractivity contribution is 14.0. The number of carbonyl (C=O) groups is 1. The first-order chi connectivity index (χ1) is 12.0. The fourth-order valence-electron chi connectivity index (χ4n) is 3.41. The fourth-order valence-corrected chi connectivity index (χ4v) is 3.68. The molecule has 26 heavy (non-hydrogen) atoms. The molecular weight excluding hydrogens is 465 g/mol. The number of likely N-dealkylation sites (tertiary alicyclic amines) is 1. The van der Waals surface area contributed by atoms with E-state index in [4.69, 9.17) is 11.6 Å². The van der Waals surface area contributed by atoms with Crippen LogP contribution in [0, 0.1) is 0 Å². The second-order valence-electron chi connectivity index (χ2n) is 6.63. The summed E-state index contributed by atoms with van der Waals surface area (Å²) >= 11 is 6.05. The van der Waals surface area contributed by atoms with Crippen LogP contribution >= 0.6 is 35.6 Å². The predicted octanol–water partition coefficient (Wildman–Crippen LogP) is 3.09. The van der Waals surface area contributed by atoms with Crippen LogP contribution in [0.3, 0.4) is 0 Å². The lowest BCUT2D eigenvalue weighted by Crippen LogP contribution is -2.42. The SMILES string of the molecule is CCC(CCNC(=NC)N(C)Cc1cc(Cl)cn1C)N1CCCC1=O.I. The van der Waals surface area contributed by atoms with Gasteiger partial charge in [0.2, 0.25) is 5.91 Å². The van der Waals surface area contributed by atoms with Crippen molar-refractivity contribution in [3.8, 4) is 0 Å². The minimum absolute atomic E-state index is 0. The van der Waals surface area contributed by atoms with E-state index in [2.05, 4.69) is 22.1 Å². The van der Waals surface area contributed by atoms with Gasteiger partial charge in [0, 0.05) is 58.6 Å². The van der Waals surface area contributed by atoms with Crippen LogP contribution in [0.25, 0.3) is 0 Å². The number of aromatic nitrogens is 1. The number of hydrogen-bond donors (Lipinski definition) is 1. The number of carbonyl (C=O) groups excluding carboxylic acids is 1. The van der Waals surface area contributed by atoms with Gasteiger partial charge in [0.15, 0.2) is 5.96 Å². The highest BCUT2D eigenvalue weighted by atomic mass is 127. The minimum Gasteiger partial charge on any atom is -0.356 e. The maximum absolute atomic E-state index is 11.9. The van der Waals surface area contributed by atoms with E-state index in [0.29, 0.717) is 18.4 Å². The molecule has 1 amide bonds. The molecule has 148 valence electrons. The Hall–Kier alpha value is -0.960. The molecule has 1 unspecified atom stereocenters. The Morgan fingerprint density at radius 2 is 2.23 bits per heavy atom. The predicted molar refractivity (Wildman–Crippen MR) is 118 cm³/mol. The fraction of sp³-hybridized carbons (Fsp3) is 0.667. The Balaban J connectivity index is 0.00000338. The molecule has 0 aliphatic carbocycles. The van der Waals surface area contributed by atoms with Crippen molar-refractivity contribution in [2.45, 2.75) is 45.2 Å². The van der Waals surface area contributed by atoms with Crippen LogP contribution in [-0.4, -0.2) is 59.5 Å². The molecule has 1 aromatic heterocycles. The van der Waals surface area contributed by atoms with E-state index in [1.54, 1.807) is 7.05 Å². The summed E-state index contributed by atoms with van der Waals surface area (Å²) in [5, 5.41) is 4.16. The normalized spacial score (nSPS) is 15.8. The van der Waals surface area contributed by atoms with Gasteiger partial charge in [-0.05, 0) is 25.3 Å². The van der Waals surface area contributed by atoms with E-state index >= 15 is 0 Å². The minimum atomic E-state index is 0. The van der Waals surface area contributed by atoms with E-state index in [0.717, 1.165) is 55.6 Å². The first kappa shape index (κ1) is 23.1. The van der Waals surface area contributed by atoms with Crippen molar-refractivity contribution in [1.82, 2.24) is 19.7 Å². The Bertz CT molecular complexity index is 619. The number of nitrogens with zero attached hydrogens (tertiary/aromatic N) is 4. The molecule has 0 bridgehead atoms. The quantitative estimate of drug-likeness (QED) is 0.359. The monoisotopic (exact) mass is 495 g/mol. The lowest BCUT2D eigenvalue weighted by molar-refractivity contribution is -0.129. The van der Waals surface area contributed by atoms with Crippen molar-refractivity contribution in [2.75, 3.05) is 27.2 Å². The molecule has 1 fully saturated rings. The highest BCUT2D eigenvalue weighted by Gasteiger charge is 2.26. The van der Waals surface area contributed by atoms with Crippen LogP contribution in [0.15, 0.2) is 17.3 Å². The Kier molecular flexibility index (Phi) is 9.78. The molecule has 0 saturated carbocycles. The van der Waals surface area contributed by atoms with Crippen molar-refractivity contribution in [3.05, 3.63) is 23.0 Å². The third-order valence-electron chi connectivity index (χ3n) is 4.83. The van der Waals surface area contributed by atoms with Crippen molar-refractivity contribution in [1.29, 1.82) is 0 Å². The van der Waals surface area contributed by atoms with Gasteiger partial charge in [-0.2, -0.15) is 0 Å². The van der Waals surface area contributed by atoms with E-state index in [-0.39, 0.29) is 24.0 Å². The molecule has 8 heteroatoms. The molecule has 1 saturated heterocycles. The molecule has 6 nitrogen and oxygen atoms in total. The van der Waals surface area contributed by atoms with Gasteiger partial charge < -0.3 is 19.7 Å². The smallest absolute Gasteiger partial charge is 0.222 e. The molecule has 1 atom stereocenters. The van der Waals surface area contributed by atoms with Gasteiger partial charge in [-0.1, -0.05) is 18.5 Å². The highest BCUT2D eigenvalue weighted by Crippen LogP contribution is 2.18. The van der Waals surface area contributed by atoms with Gasteiger partial charge in [-0.3, -0.25) is 9.79 Å². The Labute approximate surface area is 179 Å². The van der Waals surface area contributed by atoms with Crippen LogP contribution in [0.4, 0.5) is 0 Å². The molecule has 0 aromatic carbocycles. The van der Waals surface area contributed by atoms with Crippen LogP contribution < -0.4 is 5.32 Å². The molecule has 2 heterocycles. The number of nitrogens with one attached hydrogen (secondary N) is 1. The molecule has 2 rings (SSSR count). The van der Waals surface area contributed by atoms with Crippen LogP contribution in [0.2, 0.25) is 5.02 Å². The summed E-state index contributed by atoms with van der Waals surface area (Å²) < 4.78 is 2.03. The van der Waals surface area contributed by atoms with E-state index in [1.807, 2.05) is 35.8 Å². The second kappa shape index (κ2) is 11.0. The lowest BCUT2D eigenvalue weighted by atomic mass is 10.1. The molecule has 1 aliphatic rings. The number of halogens is 2. The van der Waals surface area contributed by atoms with Gasteiger partial charge in [0.1, 0.15) is 0 Å². The second-order valence-corrected chi connectivity index (χ2v) is 7.07. The van der Waals surface area contributed by atoms with Gasteiger partial charge in [-0.15, -0.1) is 24.0 Å². The number of aliphatic imine (C=N–C) groups is 1. The van der Waals surface area contributed by atoms with E-state index in [9.17, 15) is 4.79 Å². The molecular formula is C18H31ClIN5O. The third kappa shape index (κ3) is 6.04. The molecule has 1 aromatic rings. The van der Waals surface area contributed by atoms with Crippen molar-refractivity contribution in [2.24, 2.45) is 12.0 Å². The molecule has 0 spiro atoms. The van der Waals surface area contributed by atoms with Crippen molar-refractivity contribution < 1.29 is 4.79 Å². The molecule has 0 radical (unpaired) electrons. The zero-order chi connectivity index (χ0) is 18.4. The summed E-state index contributed by atoms with van der Waals surface area (Å²) in [6, 6.07) is 2.29. The summed E-state index contributed by atoms with van der Waals surface area (Å²) in [4.78, 5) is 20.4. The average Bonchev–Trinajstić information content (AvgIpc) is 3.13. The summed E-state index contributed by atoms with van der Waals surface area (Å²) in [5.41, 5.74) is 1.13. The number of rotatable bonds is 7. The Morgan fingerprint density at radius 3 is 2.73 bits per heavy atom. The Morgan fingerprint density at radius 1 is 1.50 bits per heavy atom. The molecule has 1 aliphatic heterocycles.